The molecule has 3 aromatic rings. The van der Waals surface area contributed by atoms with Gasteiger partial charge >= 0.3 is 0 Å². The van der Waals surface area contributed by atoms with Crippen molar-refractivity contribution in [3.63, 3.8) is 0 Å². The van der Waals surface area contributed by atoms with Crippen LogP contribution in [-0.2, 0) is 11.4 Å². The molecule has 182 valence electrons. The molecule has 3 aromatic carbocycles. The van der Waals surface area contributed by atoms with Gasteiger partial charge in [-0.05, 0) is 88.5 Å². The summed E-state index contributed by atoms with van der Waals surface area (Å²) >= 11 is 3.49. The van der Waals surface area contributed by atoms with Gasteiger partial charge in [-0.15, -0.1) is 0 Å². The average Bonchev–Trinajstić information content (AvgIpc) is 3.15. The lowest BCUT2D eigenvalue weighted by Crippen LogP contribution is -2.23. The molecule has 0 spiro atoms. The summed E-state index contributed by atoms with van der Waals surface area (Å²) in [6, 6.07) is 20.6. The summed E-state index contributed by atoms with van der Waals surface area (Å²) in [5, 5.41) is 9.91. The zero-order valence-corrected chi connectivity index (χ0v) is 22.8. The standard InChI is InChI=1S/C27H22IN3O4S/c1-31-26(32)24(36-27(31)30-20-8-10-21(33-2)11-9-20)14-17-12-22(28)25(23(13-17)34-3)35-16-19-7-5-4-6-18(19)15-29/h4-14H,16H2,1-3H3. The molecule has 0 aliphatic carbocycles. The molecule has 0 atom stereocenters. The highest BCUT2D eigenvalue weighted by Gasteiger charge is 2.30. The molecule has 7 nitrogen and oxygen atoms in total. The molecule has 0 N–H and O–H groups in total. The van der Waals surface area contributed by atoms with Crippen LogP contribution in [0.25, 0.3) is 6.08 Å². The van der Waals surface area contributed by atoms with Gasteiger partial charge in [0.05, 0.1) is 40.0 Å². The van der Waals surface area contributed by atoms with E-state index in [9.17, 15) is 10.1 Å². The maximum absolute atomic E-state index is 12.9. The van der Waals surface area contributed by atoms with Gasteiger partial charge in [-0.25, -0.2) is 4.99 Å². The molecule has 9 heteroatoms. The van der Waals surface area contributed by atoms with E-state index in [1.165, 1.54) is 16.7 Å². The summed E-state index contributed by atoms with van der Waals surface area (Å²) in [7, 11) is 4.89. The number of amidine groups is 1. The number of carbonyl (C=O) groups is 1. The fourth-order valence-corrected chi connectivity index (χ4v) is 5.21. The third-order valence-corrected chi connectivity index (χ3v) is 7.22. The Morgan fingerprint density at radius 2 is 1.86 bits per heavy atom. The van der Waals surface area contributed by atoms with Gasteiger partial charge in [0.2, 0.25) is 0 Å². The highest BCUT2D eigenvalue weighted by molar-refractivity contribution is 14.1. The van der Waals surface area contributed by atoms with E-state index in [1.807, 2.05) is 60.7 Å². The van der Waals surface area contributed by atoms with Crippen molar-refractivity contribution in [3.05, 3.63) is 85.8 Å². The second-order valence-corrected chi connectivity index (χ2v) is 9.83. The van der Waals surface area contributed by atoms with E-state index in [-0.39, 0.29) is 12.5 Å². The van der Waals surface area contributed by atoms with Crippen molar-refractivity contribution >= 4 is 57.2 Å². The predicted octanol–water partition coefficient (Wildman–Crippen LogP) is 5.99. The number of thioether (sulfide) groups is 1. The molecule has 1 aliphatic heterocycles. The van der Waals surface area contributed by atoms with Gasteiger partial charge in [0, 0.05) is 12.6 Å². The van der Waals surface area contributed by atoms with Crippen molar-refractivity contribution in [2.24, 2.45) is 4.99 Å². The summed E-state index contributed by atoms with van der Waals surface area (Å²) < 4.78 is 17.6. The molecule has 1 fully saturated rings. The predicted molar refractivity (Wildman–Crippen MR) is 150 cm³/mol. The van der Waals surface area contributed by atoms with Gasteiger partial charge in [0.25, 0.3) is 5.91 Å². The average molecular weight is 611 g/mol. The minimum Gasteiger partial charge on any atom is -0.497 e. The van der Waals surface area contributed by atoms with Crippen molar-refractivity contribution < 1.29 is 19.0 Å². The van der Waals surface area contributed by atoms with Crippen molar-refractivity contribution in [2.75, 3.05) is 21.3 Å². The number of aliphatic imine (C=N–C) groups is 1. The van der Waals surface area contributed by atoms with Crippen LogP contribution in [0.2, 0.25) is 0 Å². The Balaban J connectivity index is 1.56. The van der Waals surface area contributed by atoms with Crippen LogP contribution in [0.3, 0.4) is 0 Å². The van der Waals surface area contributed by atoms with E-state index in [0.717, 1.165) is 26.1 Å². The van der Waals surface area contributed by atoms with Crippen molar-refractivity contribution in [2.45, 2.75) is 6.61 Å². The van der Waals surface area contributed by atoms with Crippen LogP contribution in [0.15, 0.2) is 70.6 Å². The van der Waals surface area contributed by atoms with Crippen LogP contribution >= 0.6 is 34.4 Å². The van der Waals surface area contributed by atoms with Crippen LogP contribution < -0.4 is 14.2 Å². The Kier molecular flexibility index (Phi) is 8.18. The van der Waals surface area contributed by atoms with Gasteiger partial charge in [0.15, 0.2) is 16.7 Å². The molecule has 0 aromatic heterocycles. The SMILES string of the molecule is COc1ccc(N=C2SC(=Cc3cc(I)c(OCc4ccccc4C#N)c(OC)c3)C(=O)N2C)cc1. The van der Waals surface area contributed by atoms with Gasteiger partial charge in [-0.1, -0.05) is 18.2 Å². The van der Waals surface area contributed by atoms with Gasteiger partial charge in [-0.2, -0.15) is 5.26 Å². The molecule has 1 heterocycles. The minimum atomic E-state index is -0.130. The molecular formula is C27H22IN3O4S. The van der Waals surface area contributed by atoms with Crippen molar-refractivity contribution in [1.82, 2.24) is 4.90 Å². The summed E-state index contributed by atoms with van der Waals surface area (Å²) in [6.45, 7) is 0.237. The number of nitriles is 1. The van der Waals surface area contributed by atoms with E-state index in [2.05, 4.69) is 33.7 Å². The largest absolute Gasteiger partial charge is 0.497 e. The normalized spacial score (nSPS) is 15.3. The molecule has 1 aliphatic rings. The first-order chi connectivity index (χ1) is 17.4. The molecule has 0 bridgehead atoms. The zero-order chi connectivity index (χ0) is 25.7. The number of amides is 1. The number of hydrogen-bond donors (Lipinski definition) is 0. The molecule has 0 radical (unpaired) electrons. The number of hydrogen-bond acceptors (Lipinski definition) is 7. The smallest absolute Gasteiger partial charge is 0.266 e. The fourth-order valence-electron chi connectivity index (χ4n) is 3.44. The van der Waals surface area contributed by atoms with E-state index in [0.29, 0.717) is 27.1 Å². The summed E-state index contributed by atoms with van der Waals surface area (Å²) in [5.41, 5.74) is 2.90. The zero-order valence-electron chi connectivity index (χ0n) is 19.8. The third kappa shape index (κ3) is 5.66. The number of ether oxygens (including phenoxy) is 3. The quantitative estimate of drug-likeness (QED) is 0.241. The topological polar surface area (TPSA) is 84.1 Å². The maximum atomic E-state index is 12.9. The Labute approximate surface area is 227 Å². The molecule has 0 unspecified atom stereocenters. The molecule has 36 heavy (non-hydrogen) atoms. The third-order valence-electron chi connectivity index (χ3n) is 5.36. The van der Waals surface area contributed by atoms with Crippen molar-refractivity contribution in [3.8, 4) is 23.3 Å². The van der Waals surface area contributed by atoms with Gasteiger partial charge < -0.3 is 14.2 Å². The van der Waals surface area contributed by atoms with E-state index < -0.39 is 0 Å². The van der Waals surface area contributed by atoms with Crippen LogP contribution in [0.4, 0.5) is 5.69 Å². The molecule has 1 amide bonds. The lowest BCUT2D eigenvalue weighted by molar-refractivity contribution is -0.121. The number of benzene rings is 3. The number of carbonyl (C=O) groups excluding carboxylic acids is 1. The van der Waals surface area contributed by atoms with Crippen LogP contribution in [0.5, 0.6) is 17.2 Å². The minimum absolute atomic E-state index is 0.130. The van der Waals surface area contributed by atoms with E-state index in [1.54, 1.807) is 27.3 Å². The number of likely N-dealkylation sites (N-methyl/N-ethyl adjacent to an activating group) is 1. The Morgan fingerprint density at radius 1 is 1.11 bits per heavy atom. The summed E-state index contributed by atoms with van der Waals surface area (Å²) in [6.07, 6.45) is 1.82. The van der Waals surface area contributed by atoms with Crippen LogP contribution in [-0.4, -0.2) is 37.2 Å². The first kappa shape index (κ1) is 25.6. The maximum Gasteiger partial charge on any atom is 0.266 e. The van der Waals surface area contributed by atoms with E-state index in [4.69, 9.17) is 14.2 Å². The first-order valence-electron chi connectivity index (χ1n) is 10.8. The lowest BCUT2D eigenvalue weighted by atomic mass is 10.1. The van der Waals surface area contributed by atoms with Gasteiger partial charge in [0.1, 0.15) is 12.4 Å². The van der Waals surface area contributed by atoms with Crippen molar-refractivity contribution in [1.29, 1.82) is 5.26 Å². The van der Waals surface area contributed by atoms with E-state index >= 15 is 0 Å². The van der Waals surface area contributed by atoms with Gasteiger partial charge in [-0.3, -0.25) is 9.69 Å². The summed E-state index contributed by atoms with van der Waals surface area (Å²) in [5.74, 6) is 1.74. The highest BCUT2D eigenvalue weighted by atomic mass is 127. The molecule has 4 rings (SSSR count). The number of halogens is 1. The van der Waals surface area contributed by atoms with Crippen LogP contribution in [0, 0.1) is 14.9 Å². The monoisotopic (exact) mass is 611 g/mol. The molecule has 1 saturated heterocycles. The highest BCUT2D eigenvalue weighted by Crippen LogP contribution is 2.38. The Morgan fingerprint density at radius 3 is 2.56 bits per heavy atom. The lowest BCUT2D eigenvalue weighted by Gasteiger charge is -2.14. The number of methoxy groups -OCH3 is 2. The first-order valence-corrected chi connectivity index (χ1v) is 12.7. The summed E-state index contributed by atoms with van der Waals surface area (Å²) in [4.78, 5) is 19.6. The molecular weight excluding hydrogens is 589 g/mol. The number of rotatable bonds is 7. The van der Waals surface area contributed by atoms with Crippen LogP contribution in [0.1, 0.15) is 16.7 Å². The fraction of sp³-hybridized carbons (Fsp3) is 0.148. The second kappa shape index (κ2) is 11.5. The Hall–Kier alpha value is -3.49. The Bertz CT molecular complexity index is 1400. The second-order valence-electron chi connectivity index (χ2n) is 7.66. The number of nitrogens with zero attached hydrogens (tertiary/aromatic N) is 3. The molecule has 0 saturated carbocycles.